The third-order valence-electron chi connectivity index (χ3n) is 5.09. The maximum Gasteiger partial charge on any atom is 0.224 e. The first-order valence-corrected chi connectivity index (χ1v) is 9.54. The molecule has 27 heavy (non-hydrogen) atoms. The predicted molar refractivity (Wildman–Crippen MR) is 107 cm³/mol. The van der Waals surface area contributed by atoms with E-state index in [1.54, 1.807) is 0 Å². The second-order valence-electron chi connectivity index (χ2n) is 7.19. The first kappa shape index (κ1) is 19.1. The molecule has 0 aliphatic carbocycles. The van der Waals surface area contributed by atoms with Crippen molar-refractivity contribution in [2.45, 2.75) is 32.2 Å². The van der Waals surface area contributed by atoms with E-state index in [-0.39, 0.29) is 17.7 Å². The zero-order valence-corrected chi connectivity index (χ0v) is 15.6. The number of anilines is 1. The summed E-state index contributed by atoms with van der Waals surface area (Å²) in [6, 6.07) is 18.0. The van der Waals surface area contributed by atoms with E-state index < -0.39 is 0 Å². The van der Waals surface area contributed by atoms with Gasteiger partial charge in [0.25, 0.3) is 0 Å². The van der Waals surface area contributed by atoms with Crippen LogP contribution < -0.4 is 11.1 Å². The smallest absolute Gasteiger partial charge is 0.224 e. The van der Waals surface area contributed by atoms with Crippen molar-refractivity contribution < 1.29 is 9.59 Å². The van der Waals surface area contributed by atoms with Gasteiger partial charge in [-0.1, -0.05) is 42.5 Å². The lowest BCUT2D eigenvalue weighted by atomic mass is 9.96. The number of rotatable bonds is 7. The number of nitrogens with zero attached hydrogens (tertiary/aromatic N) is 1. The fourth-order valence-corrected chi connectivity index (χ4v) is 3.51. The van der Waals surface area contributed by atoms with Gasteiger partial charge in [0.1, 0.15) is 0 Å². The third kappa shape index (κ3) is 5.93. The normalized spacial score (nSPS) is 15.4. The van der Waals surface area contributed by atoms with Crippen molar-refractivity contribution in [2.75, 3.05) is 18.4 Å². The first-order valence-electron chi connectivity index (χ1n) is 9.54. The Kier molecular flexibility index (Phi) is 6.60. The predicted octanol–water partition coefficient (Wildman–Crippen LogP) is 2.96. The summed E-state index contributed by atoms with van der Waals surface area (Å²) in [6.45, 7) is 2.57. The Morgan fingerprint density at radius 3 is 2.41 bits per heavy atom. The van der Waals surface area contributed by atoms with Crippen molar-refractivity contribution in [3.8, 4) is 0 Å². The number of hydrogen-bond acceptors (Lipinski definition) is 3. The molecule has 5 nitrogen and oxygen atoms in total. The standard InChI is InChI=1S/C22H27N3O2/c23-22(27)19-11-13-25(14-12-19)16-18-7-4-8-20(15-18)24-21(26)10-9-17-5-2-1-3-6-17/h1-8,15,19H,9-14,16H2,(H2,23,27)(H,24,26). The summed E-state index contributed by atoms with van der Waals surface area (Å²) < 4.78 is 0. The minimum absolute atomic E-state index is 0.0106. The fraction of sp³-hybridized carbons (Fsp3) is 0.364. The van der Waals surface area contributed by atoms with Gasteiger partial charge in [0.05, 0.1) is 0 Å². The number of carbonyl (C=O) groups excluding carboxylic acids is 2. The Hall–Kier alpha value is -2.66. The second kappa shape index (κ2) is 9.33. The number of primary amides is 1. The fourth-order valence-electron chi connectivity index (χ4n) is 3.51. The molecule has 1 aliphatic rings. The van der Waals surface area contributed by atoms with Gasteiger partial charge < -0.3 is 11.1 Å². The van der Waals surface area contributed by atoms with Gasteiger partial charge >= 0.3 is 0 Å². The number of amides is 2. The molecule has 5 heteroatoms. The van der Waals surface area contributed by atoms with E-state index in [0.717, 1.165) is 50.1 Å². The summed E-state index contributed by atoms with van der Waals surface area (Å²) in [6.07, 6.45) is 2.85. The molecule has 0 bridgehead atoms. The van der Waals surface area contributed by atoms with E-state index in [0.29, 0.717) is 6.42 Å². The summed E-state index contributed by atoms with van der Waals surface area (Å²) in [7, 11) is 0. The Bertz CT molecular complexity index is 768. The van der Waals surface area contributed by atoms with Crippen LogP contribution in [0.2, 0.25) is 0 Å². The van der Waals surface area contributed by atoms with Crippen LogP contribution >= 0.6 is 0 Å². The van der Waals surface area contributed by atoms with Crippen LogP contribution in [-0.2, 0) is 22.6 Å². The van der Waals surface area contributed by atoms with Crippen molar-refractivity contribution in [3.63, 3.8) is 0 Å². The van der Waals surface area contributed by atoms with E-state index >= 15 is 0 Å². The number of piperidine rings is 1. The maximum atomic E-state index is 12.2. The zero-order chi connectivity index (χ0) is 19.1. The highest BCUT2D eigenvalue weighted by molar-refractivity contribution is 5.90. The molecule has 0 atom stereocenters. The monoisotopic (exact) mass is 365 g/mol. The Morgan fingerprint density at radius 1 is 1.00 bits per heavy atom. The molecule has 0 spiro atoms. The third-order valence-corrected chi connectivity index (χ3v) is 5.09. The summed E-state index contributed by atoms with van der Waals surface area (Å²) in [5.41, 5.74) is 8.55. The van der Waals surface area contributed by atoms with Crippen molar-refractivity contribution in [3.05, 3.63) is 65.7 Å². The first-order chi connectivity index (χ1) is 13.1. The summed E-state index contributed by atoms with van der Waals surface area (Å²) >= 11 is 0. The highest BCUT2D eigenvalue weighted by Crippen LogP contribution is 2.20. The molecule has 1 saturated heterocycles. The average molecular weight is 365 g/mol. The number of nitrogens with two attached hydrogens (primary N) is 1. The van der Waals surface area contributed by atoms with E-state index in [2.05, 4.69) is 16.3 Å². The van der Waals surface area contributed by atoms with Crippen molar-refractivity contribution in [1.82, 2.24) is 4.90 Å². The summed E-state index contributed by atoms with van der Waals surface area (Å²) in [5, 5.41) is 2.99. The topological polar surface area (TPSA) is 75.4 Å². The molecule has 0 unspecified atom stereocenters. The van der Waals surface area contributed by atoms with E-state index in [4.69, 9.17) is 5.73 Å². The largest absolute Gasteiger partial charge is 0.369 e. The van der Waals surface area contributed by atoms with Crippen molar-refractivity contribution in [1.29, 1.82) is 0 Å². The SMILES string of the molecule is NC(=O)C1CCN(Cc2cccc(NC(=O)CCc3ccccc3)c2)CC1. The van der Waals surface area contributed by atoms with Crippen LogP contribution in [0, 0.1) is 5.92 Å². The molecule has 3 rings (SSSR count). The second-order valence-corrected chi connectivity index (χ2v) is 7.19. The minimum atomic E-state index is -0.185. The molecular formula is C22H27N3O2. The number of aryl methyl sites for hydroxylation is 1. The molecule has 0 saturated carbocycles. The van der Waals surface area contributed by atoms with E-state index in [1.807, 2.05) is 48.5 Å². The number of hydrogen-bond donors (Lipinski definition) is 2. The van der Waals surface area contributed by atoms with Crippen LogP contribution in [0.25, 0.3) is 0 Å². The molecule has 0 aromatic heterocycles. The quantitative estimate of drug-likeness (QED) is 0.792. The van der Waals surface area contributed by atoms with Crippen LogP contribution in [0.1, 0.15) is 30.4 Å². The molecule has 1 aliphatic heterocycles. The van der Waals surface area contributed by atoms with E-state index in [9.17, 15) is 9.59 Å². The lowest BCUT2D eigenvalue weighted by Crippen LogP contribution is -2.38. The molecule has 2 amide bonds. The van der Waals surface area contributed by atoms with Crippen LogP contribution in [-0.4, -0.2) is 29.8 Å². The number of likely N-dealkylation sites (tertiary alicyclic amines) is 1. The molecule has 142 valence electrons. The van der Waals surface area contributed by atoms with Crippen LogP contribution in [0.4, 0.5) is 5.69 Å². The molecule has 1 fully saturated rings. The summed E-state index contributed by atoms with van der Waals surface area (Å²) in [5.74, 6) is -0.148. The number of nitrogens with one attached hydrogen (secondary N) is 1. The van der Waals surface area contributed by atoms with E-state index in [1.165, 1.54) is 5.56 Å². The Morgan fingerprint density at radius 2 is 1.70 bits per heavy atom. The van der Waals surface area contributed by atoms with Crippen molar-refractivity contribution >= 4 is 17.5 Å². The average Bonchev–Trinajstić information content (AvgIpc) is 2.68. The van der Waals surface area contributed by atoms with Gasteiger partial charge in [-0.25, -0.2) is 0 Å². The number of carbonyl (C=O) groups is 2. The maximum absolute atomic E-state index is 12.2. The van der Waals surface area contributed by atoms with Gasteiger partial charge in [-0.2, -0.15) is 0 Å². The van der Waals surface area contributed by atoms with Crippen LogP contribution in [0.5, 0.6) is 0 Å². The molecular weight excluding hydrogens is 338 g/mol. The molecule has 3 N–H and O–H groups in total. The van der Waals surface area contributed by atoms with Gasteiger partial charge in [-0.3, -0.25) is 14.5 Å². The zero-order valence-electron chi connectivity index (χ0n) is 15.6. The molecule has 1 heterocycles. The van der Waals surface area contributed by atoms with Gasteiger partial charge in [0.2, 0.25) is 11.8 Å². The highest BCUT2D eigenvalue weighted by Gasteiger charge is 2.22. The minimum Gasteiger partial charge on any atom is -0.369 e. The van der Waals surface area contributed by atoms with Crippen LogP contribution in [0.15, 0.2) is 54.6 Å². The van der Waals surface area contributed by atoms with Crippen molar-refractivity contribution in [2.24, 2.45) is 11.7 Å². The van der Waals surface area contributed by atoms with Gasteiger partial charge in [-0.15, -0.1) is 0 Å². The number of benzene rings is 2. The lowest BCUT2D eigenvalue weighted by Gasteiger charge is -2.30. The van der Waals surface area contributed by atoms with Gasteiger partial charge in [-0.05, 0) is 55.6 Å². The van der Waals surface area contributed by atoms with Gasteiger partial charge in [0, 0.05) is 24.6 Å². The lowest BCUT2D eigenvalue weighted by molar-refractivity contribution is -0.123. The Balaban J connectivity index is 1.48. The van der Waals surface area contributed by atoms with Gasteiger partial charge in [0.15, 0.2) is 0 Å². The van der Waals surface area contributed by atoms with Crippen LogP contribution in [0.3, 0.4) is 0 Å². The molecule has 2 aromatic carbocycles. The highest BCUT2D eigenvalue weighted by atomic mass is 16.2. The summed E-state index contributed by atoms with van der Waals surface area (Å²) in [4.78, 5) is 25.8. The molecule has 0 radical (unpaired) electrons. The Labute approximate surface area is 160 Å². The molecule has 2 aromatic rings.